The van der Waals surface area contributed by atoms with Crippen LogP contribution >= 0.6 is 0 Å². The van der Waals surface area contributed by atoms with Crippen molar-refractivity contribution in [1.29, 1.82) is 0 Å². The van der Waals surface area contributed by atoms with Crippen molar-refractivity contribution in [3.63, 3.8) is 0 Å². The molecule has 0 aromatic heterocycles. The summed E-state index contributed by atoms with van der Waals surface area (Å²) in [5.41, 5.74) is 6.80. The van der Waals surface area contributed by atoms with E-state index in [4.69, 9.17) is 5.73 Å². The fourth-order valence-electron chi connectivity index (χ4n) is 3.15. The highest BCUT2D eigenvalue weighted by molar-refractivity contribution is 5.85. The average Bonchev–Trinajstić information content (AvgIpc) is 2.79. The Balaban J connectivity index is 2.02. The van der Waals surface area contributed by atoms with Crippen LogP contribution in [-0.4, -0.2) is 30.1 Å². The number of nitrogens with two attached hydrogens (primary N) is 1. The third-order valence-electron chi connectivity index (χ3n) is 4.22. The third-order valence-corrected chi connectivity index (χ3v) is 4.22. The molecule has 2 aromatic carbocycles. The van der Waals surface area contributed by atoms with Crippen molar-refractivity contribution in [3.8, 4) is 5.75 Å². The predicted octanol–water partition coefficient (Wildman–Crippen LogP) is 2.50. The first-order valence-electron chi connectivity index (χ1n) is 6.81. The monoisotopic (exact) mass is 256 g/mol. The standard InChI is InChI=1S/C16H20N2O/c1-18-10-11(9-17)6-15(18)14-7-12-4-2-3-5-13(12)8-16(14)19/h2-5,7-8,11,15,19H,6,9-10,17H2,1H3. The number of hydrogen-bond donors (Lipinski definition) is 2. The second kappa shape index (κ2) is 4.83. The van der Waals surface area contributed by atoms with Gasteiger partial charge in [0.25, 0.3) is 0 Å². The Bertz CT molecular complexity index is 596. The van der Waals surface area contributed by atoms with E-state index in [-0.39, 0.29) is 6.04 Å². The molecule has 0 saturated carbocycles. The van der Waals surface area contributed by atoms with E-state index < -0.39 is 0 Å². The van der Waals surface area contributed by atoms with Crippen LogP contribution in [0, 0.1) is 5.92 Å². The van der Waals surface area contributed by atoms with Crippen LogP contribution in [0.15, 0.2) is 36.4 Å². The lowest BCUT2D eigenvalue weighted by Gasteiger charge is -2.21. The van der Waals surface area contributed by atoms with Gasteiger partial charge in [-0.15, -0.1) is 0 Å². The maximum Gasteiger partial charge on any atom is 0.120 e. The summed E-state index contributed by atoms with van der Waals surface area (Å²) < 4.78 is 0. The van der Waals surface area contributed by atoms with E-state index in [9.17, 15) is 5.11 Å². The summed E-state index contributed by atoms with van der Waals surface area (Å²) in [6.45, 7) is 1.72. The highest BCUT2D eigenvalue weighted by Gasteiger charge is 2.31. The molecule has 3 heteroatoms. The summed E-state index contributed by atoms with van der Waals surface area (Å²) in [6.07, 6.45) is 1.03. The molecular weight excluding hydrogens is 236 g/mol. The number of nitrogens with zero attached hydrogens (tertiary/aromatic N) is 1. The molecule has 100 valence electrons. The first kappa shape index (κ1) is 12.5. The Morgan fingerprint density at radius 3 is 2.58 bits per heavy atom. The number of likely N-dealkylation sites (tertiary alicyclic amines) is 1. The van der Waals surface area contributed by atoms with Crippen LogP contribution in [0.25, 0.3) is 10.8 Å². The van der Waals surface area contributed by atoms with Crippen LogP contribution in [0.5, 0.6) is 5.75 Å². The molecule has 2 unspecified atom stereocenters. The fraction of sp³-hybridized carbons (Fsp3) is 0.375. The average molecular weight is 256 g/mol. The Labute approximate surface area is 113 Å². The molecule has 2 aromatic rings. The van der Waals surface area contributed by atoms with Crippen LogP contribution in [0.1, 0.15) is 18.0 Å². The Kier molecular flexibility index (Phi) is 3.17. The van der Waals surface area contributed by atoms with E-state index in [0.717, 1.165) is 30.5 Å². The Morgan fingerprint density at radius 2 is 1.95 bits per heavy atom. The van der Waals surface area contributed by atoms with Crippen molar-refractivity contribution < 1.29 is 5.11 Å². The summed E-state index contributed by atoms with van der Waals surface area (Å²) in [4.78, 5) is 2.29. The minimum atomic E-state index is 0.276. The molecule has 3 N–H and O–H groups in total. The highest BCUT2D eigenvalue weighted by atomic mass is 16.3. The first-order valence-corrected chi connectivity index (χ1v) is 6.81. The van der Waals surface area contributed by atoms with Crippen molar-refractivity contribution in [1.82, 2.24) is 4.90 Å². The lowest BCUT2D eigenvalue weighted by molar-refractivity contribution is 0.306. The molecule has 19 heavy (non-hydrogen) atoms. The maximum atomic E-state index is 10.3. The molecule has 0 radical (unpaired) electrons. The van der Waals surface area contributed by atoms with Gasteiger partial charge in [-0.3, -0.25) is 4.90 Å². The minimum absolute atomic E-state index is 0.276. The van der Waals surface area contributed by atoms with Crippen molar-refractivity contribution in [3.05, 3.63) is 42.0 Å². The van der Waals surface area contributed by atoms with Gasteiger partial charge in [0.2, 0.25) is 0 Å². The van der Waals surface area contributed by atoms with Crippen LogP contribution in [0.2, 0.25) is 0 Å². The molecule has 1 heterocycles. The fourth-order valence-corrected chi connectivity index (χ4v) is 3.15. The summed E-state index contributed by atoms with van der Waals surface area (Å²) in [6, 6.07) is 12.4. The zero-order valence-corrected chi connectivity index (χ0v) is 11.2. The maximum absolute atomic E-state index is 10.3. The molecule has 1 saturated heterocycles. The second-order valence-electron chi connectivity index (χ2n) is 5.55. The van der Waals surface area contributed by atoms with E-state index in [1.54, 1.807) is 0 Å². The van der Waals surface area contributed by atoms with Gasteiger partial charge in [-0.25, -0.2) is 0 Å². The SMILES string of the molecule is CN1CC(CN)CC1c1cc2ccccc2cc1O. The molecule has 0 aliphatic carbocycles. The minimum Gasteiger partial charge on any atom is -0.508 e. The molecule has 0 bridgehead atoms. The Morgan fingerprint density at radius 1 is 1.26 bits per heavy atom. The van der Waals surface area contributed by atoms with E-state index in [1.807, 2.05) is 24.3 Å². The van der Waals surface area contributed by atoms with E-state index in [2.05, 4.69) is 24.1 Å². The molecule has 1 aliphatic rings. The number of hydrogen-bond acceptors (Lipinski definition) is 3. The Hall–Kier alpha value is -1.58. The van der Waals surface area contributed by atoms with Crippen molar-refractivity contribution in [2.45, 2.75) is 12.5 Å². The molecule has 2 atom stereocenters. The largest absolute Gasteiger partial charge is 0.508 e. The molecule has 3 rings (SSSR count). The lowest BCUT2D eigenvalue weighted by Crippen LogP contribution is -2.20. The molecule has 1 fully saturated rings. The lowest BCUT2D eigenvalue weighted by atomic mass is 9.96. The molecule has 1 aliphatic heterocycles. The van der Waals surface area contributed by atoms with Crippen LogP contribution in [0.3, 0.4) is 0 Å². The second-order valence-corrected chi connectivity index (χ2v) is 5.55. The van der Waals surface area contributed by atoms with Gasteiger partial charge in [-0.05, 0) is 48.8 Å². The molecule has 3 nitrogen and oxygen atoms in total. The van der Waals surface area contributed by atoms with E-state index >= 15 is 0 Å². The highest BCUT2D eigenvalue weighted by Crippen LogP contribution is 2.39. The van der Waals surface area contributed by atoms with Gasteiger partial charge in [-0.1, -0.05) is 24.3 Å². The van der Waals surface area contributed by atoms with Gasteiger partial charge >= 0.3 is 0 Å². The van der Waals surface area contributed by atoms with Gasteiger partial charge in [0, 0.05) is 18.2 Å². The summed E-state index contributed by atoms with van der Waals surface area (Å²) in [7, 11) is 2.11. The number of benzene rings is 2. The zero-order valence-electron chi connectivity index (χ0n) is 11.2. The topological polar surface area (TPSA) is 49.5 Å². The molecular formula is C16H20N2O. The van der Waals surface area contributed by atoms with Crippen LogP contribution in [0.4, 0.5) is 0 Å². The number of aromatic hydroxyl groups is 1. The summed E-state index contributed by atoms with van der Waals surface area (Å²) in [5.74, 6) is 0.925. The zero-order chi connectivity index (χ0) is 13.4. The number of fused-ring (bicyclic) bond motifs is 1. The molecule has 0 amide bonds. The third kappa shape index (κ3) is 2.20. The first-order chi connectivity index (χ1) is 9.19. The predicted molar refractivity (Wildman–Crippen MR) is 78.1 cm³/mol. The van der Waals surface area contributed by atoms with Crippen LogP contribution in [-0.2, 0) is 0 Å². The van der Waals surface area contributed by atoms with E-state index in [1.165, 1.54) is 5.39 Å². The van der Waals surface area contributed by atoms with Crippen molar-refractivity contribution in [2.75, 3.05) is 20.1 Å². The van der Waals surface area contributed by atoms with Crippen molar-refractivity contribution >= 4 is 10.8 Å². The quantitative estimate of drug-likeness (QED) is 0.868. The number of rotatable bonds is 2. The van der Waals surface area contributed by atoms with Crippen LogP contribution < -0.4 is 5.73 Å². The van der Waals surface area contributed by atoms with Gasteiger partial charge < -0.3 is 10.8 Å². The van der Waals surface area contributed by atoms with Gasteiger partial charge in [0.05, 0.1) is 0 Å². The van der Waals surface area contributed by atoms with E-state index in [0.29, 0.717) is 11.7 Å². The number of phenols is 1. The van der Waals surface area contributed by atoms with Crippen molar-refractivity contribution in [2.24, 2.45) is 11.7 Å². The van der Waals surface area contributed by atoms with Gasteiger partial charge in [-0.2, -0.15) is 0 Å². The summed E-state index contributed by atoms with van der Waals surface area (Å²) >= 11 is 0. The van der Waals surface area contributed by atoms with Gasteiger partial charge in [0.1, 0.15) is 5.75 Å². The normalized spacial score (nSPS) is 24.1. The van der Waals surface area contributed by atoms with Gasteiger partial charge in [0.15, 0.2) is 0 Å². The summed E-state index contributed by atoms with van der Waals surface area (Å²) in [5, 5.41) is 12.6. The molecule has 0 spiro atoms. The smallest absolute Gasteiger partial charge is 0.120 e. The number of phenolic OH excluding ortho intramolecular Hbond substituents is 1.